The number of quaternary nitrogens is 1. The molecule has 7 N–H and O–H groups in total. The highest BCUT2D eigenvalue weighted by atomic mass is 32.2. The third kappa shape index (κ3) is 5.42. The predicted molar refractivity (Wildman–Crippen MR) is 81.0 cm³/mol. The van der Waals surface area contributed by atoms with Crippen LogP contribution in [0.25, 0.3) is 0 Å². The Balaban J connectivity index is 0.000000219. The molecule has 0 bridgehead atoms. The van der Waals surface area contributed by atoms with Gasteiger partial charge in [-0.2, -0.15) is 0 Å². The first kappa shape index (κ1) is 17.0. The van der Waals surface area contributed by atoms with Crippen molar-refractivity contribution in [3.8, 4) is 0 Å². The van der Waals surface area contributed by atoms with Crippen molar-refractivity contribution in [3.63, 3.8) is 0 Å². The molecule has 0 fully saturated rings. The molecule has 0 aliphatic heterocycles. The second-order valence-electron chi connectivity index (χ2n) is 4.56. The summed E-state index contributed by atoms with van der Waals surface area (Å²) in [6, 6.07) is 14.4. The summed E-state index contributed by atoms with van der Waals surface area (Å²) in [7, 11) is -4.51. The van der Waals surface area contributed by atoms with Gasteiger partial charge in [0.25, 0.3) is 0 Å². The van der Waals surface area contributed by atoms with E-state index in [-0.39, 0.29) is 11.4 Å². The van der Waals surface area contributed by atoms with Crippen LogP contribution in [0.4, 0.5) is 11.4 Å². The van der Waals surface area contributed by atoms with Crippen LogP contribution < -0.4 is 17.2 Å². The fourth-order valence-electron chi connectivity index (χ4n) is 1.55. The molecule has 114 valence electrons. The van der Waals surface area contributed by atoms with Crippen LogP contribution in [0, 0.1) is 0 Å². The Morgan fingerprint density at radius 1 is 1.10 bits per heavy atom. The largest absolute Gasteiger partial charge is 0.744 e. The highest BCUT2D eigenvalue weighted by Gasteiger charge is 2.05. The molecule has 2 aromatic carbocycles. The molecule has 0 amide bonds. The van der Waals surface area contributed by atoms with E-state index in [4.69, 9.17) is 11.5 Å². The smallest absolute Gasteiger partial charge is 0.126 e. The number of nitrogens with two attached hydrogens (primary N) is 2. The highest BCUT2D eigenvalue weighted by molar-refractivity contribution is 7.86. The zero-order chi connectivity index (χ0) is 16.0. The van der Waals surface area contributed by atoms with Crippen molar-refractivity contribution in [2.24, 2.45) is 0 Å². The first-order valence-electron chi connectivity index (χ1n) is 6.20. The average Bonchev–Trinajstić information content (AvgIpc) is 2.42. The van der Waals surface area contributed by atoms with Crippen LogP contribution >= 0.6 is 0 Å². The Hall–Kier alpha value is -2.09. The van der Waals surface area contributed by atoms with Crippen molar-refractivity contribution in [1.29, 1.82) is 0 Å². The van der Waals surface area contributed by atoms with E-state index in [1.54, 1.807) is 0 Å². The first-order valence-corrected chi connectivity index (χ1v) is 7.61. The third-order valence-corrected chi connectivity index (χ3v) is 3.57. The van der Waals surface area contributed by atoms with Gasteiger partial charge in [-0.3, -0.25) is 0 Å². The van der Waals surface area contributed by atoms with Gasteiger partial charge in [-0.1, -0.05) is 30.3 Å². The highest BCUT2D eigenvalue weighted by Crippen LogP contribution is 2.20. The van der Waals surface area contributed by atoms with Crippen molar-refractivity contribution >= 4 is 21.5 Å². The van der Waals surface area contributed by atoms with Crippen LogP contribution in [-0.2, 0) is 10.1 Å². The Morgan fingerprint density at radius 3 is 2.05 bits per heavy atom. The van der Waals surface area contributed by atoms with E-state index in [1.165, 1.54) is 17.7 Å². The molecule has 21 heavy (non-hydrogen) atoms. The van der Waals surface area contributed by atoms with Gasteiger partial charge in [0.05, 0.1) is 4.90 Å². The lowest BCUT2D eigenvalue weighted by Gasteiger charge is -2.09. The fraction of sp³-hybridized carbons (Fsp3) is 0.143. The molecule has 0 spiro atoms. The summed E-state index contributed by atoms with van der Waals surface area (Å²) in [5.74, 6) is 0. The maximum Gasteiger partial charge on any atom is 0.126 e. The quantitative estimate of drug-likeness (QED) is 0.555. The molecule has 0 saturated heterocycles. The van der Waals surface area contributed by atoms with Crippen molar-refractivity contribution in [2.75, 3.05) is 11.5 Å². The van der Waals surface area contributed by atoms with Gasteiger partial charge in [0, 0.05) is 16.9 Å². The van der Waals surface area contributed by atoms with E-state index in [1.807, 2.05) is 18.2 Å². The van der Waals surface area contributed by atoms with Gasteiger partial charge in [0.15, 0.2) is 0 Å². The molecule has 0 saturated carbocycles. The third-order valence-electron chi connectivity index (χ3n) is 2.68. The Bertz CT molecular complexity index is 686. The van der Waals surface area contributed by atoms with E-state index in [2.05, 4.69) is 24.8 Å². The Labute approximate surface area is 124 Å². The van der Waals surface area contributed by atoms with Crippen molar-refractivity contribution in [1.82, 2.24) is 0 Å². The minimum Gasteiger partial charge on any atom is -0.744 e. The summed E-state index contributed by atoms with van der Waals surface area (Å²) in [6.45, 7) is 2.09. The fourth-order valence-corrected chi connectivity index (χ4v) is 2.19. The van der Waals surface area contributed by atoms with E-state index < -0.39 is 15.0 Å². The zero-order valence-electron chi connectivity index (χ0n) is 11.7. The number of hydrogen-bond acceptors (Lipinski definition) is 5. The summed E-state index contributed by atoms with van der Waals surface area (Å²) >= 11 is 0. The number of nitrogen functional groups attached to an aromatic ring is 2. The van der Waals surface area contributed by atoms with E-state index in [0.29, 0.717) is 6.04 Å². The molecule has 2 aromatic rings. The standard InChI is InChI=1S/C8H11N.C6H8N2O3S/c1-7(9)8-5-3-2-4-6-8;7-4-1-2-5(8)6(3-4)12(9,10)11/h2-7H,9H2,1H3;1-3H,7-8H2,(H,9,10,11). The van der Waals surface area contributed by atoms with Crippen LogP contribution in [-0.4, -0.2) is 13.0 Å². The number of hydrogen-bond donors (Lipinski definition) is 3. The molecule has 0 radical (unpaired) electrons. The van der Waals surface area contributed by atoms with E-state index >= 15 is 0 Å². The molecule has 0 aliphatic rings. The van der Waals surface area contributed by atoms with E-state index in [0.717, 1.165) is 6.07 Å². The lowest BCUT2D eigenvalue weighted by molar-refractivity contribution is -0.420. The van der Waals surface area contributed by atoms with Crippen LogP contribution in [0.15, 0.2) is 53.4 Å². The predicted octanol–water partition coefficient (Wildman–Crippen LogP) is 0.745. The van der Waals surface area contributed by atoms with Gasteiger partial charge in [0.1, 0.15) is 16.2 Å². The number of rotatable bonds is 2. The zero-order valence-corrected chi connectivity index (χ0v) is 12.5. The lowest BCUT2D eigenvalue weighted by Crippen LogP contribution is -2.51. The van der Waals surface area contributed by atoms with Gasteiger partial charge in [-0.25, -0.2) is 8.42 Å². The van der Waals surface area contributed by atoms with Gasteiger partial charge in [-0.05, 0) is 25.1 Å². The van der Waals surface area contributed by atoms with Crippen molar-refractivity contribution < 1.29 is 18.7 Å². The summed E-state index contributed by atoms with van der Waals surface area (Å²) in [5, 5.41) is 0. The summed E-state index contributed by atoms with van der Waals surface area (Å²) < 4.78 is 31.5. The van der Waals surface area contributed by atoms with Crippen LogP contribution in [0.3, 0.4) is 0 Å². The lowest BCUT2D eigenvalue weighted by atomic mass is 10.1. The van der Waals surface area contributed by atoms with Crippen LogP contribution in [0.5, 0.6) is 0 Å². The Morgan fingerprint density at radius 2 is 1.67 bits per heavy atom. The topological polar surface area (TPSA) is 137 Å². The molecule has 0 heterocycles. The Kier molecular flexibility index (Phi) is 5.71. The molecule has 0 aromatic heterocycles. The minimum absolute atomic E-state index is 0.0841. The number of anilines is 2. The van der Waals surface area contributed by atoms with Gasteiger partial charge < -0.3 is 21.8 Å². The average molecular weight is 309 g/mol. The molecule has 6 nitrogen and oxygen atoms in total. The maximum atomic E-state index is 10.5. The molecule has 2 rings (SSSR count). The van der Waals surface area contributed by atoms with Crippen LogP contribution in [0.2, 0.25) is 0 Å². The second-order valence-corrected chi connectivity index (χ2v) is 5.91. The van der Waals surface area contributed by atoms with Crippen molar-refractivity contribution in [2.45, 2.75) is 17.9 Å². The van der Waals surface area contributed by atoms with E-state index in [9.17, 15) is 13.0 Å². The number of benzene rings is 2. The second kappa shape index (κ2) is 7.07. The molecule has 0 aliphatic carbocycles. The summed E-state index contributed by atoms with van der Waals surface area (Å²) in [5.41, 5.74) is 15.8. The molecule has 1 unspecified atom stereocenters. The van der Waals surface area contributed by atoms with Gasteiger partial charge >= 0.3 is 0 Å². The van der Waals surface area contributed by atoms with Crippen LogP contribution in [0.1, 0.15) is 18.5 Å². The molecule has 1 atom stereocenters. The van der Waals surface area contributed by atoms with Crippen molar-refractivity contribution in [3.05, 3.63) is 54.1 Å². The van der Waals surface area contributed by atoms with Gasteiger partial charge in [0.2, 0.25) is 0 Å². The van der Waals surface area contributed by atoms with Gasteiger partial charge in [-0.15, -0.1) is 0 Å². The maximum absolute atomic E-state index is 10.5. The SMILES string of the molecule is CC([NH3+])c1ccccc1.Nc1ccc(N)c(S(=O)(=O)[O-])c1. The summed E-state index contributed by atoms with van der Waals surface area (Å²) in [4.78, 5) is -0.470. The molecular formula is C14H19N3O3S. The minimum atomic E-state index is -4.51. The molecular weight excluding hydrogens is 290 g/mol. The molecule has 7 heteroatoms. The normalized spacial score (nSPS) is 12.1. The first-order chi connectivity index (χ1) is 9.71. The summed E-state index contributed by atoms with van der Waals surface area (Å²) in [6.07, 6.45) is 0. The monoisotopic (exact) mass is 309 g/mol.